The maximum atomic E-state index is 10.5. The maximum absolute atomic E-state index is 10.5. The molecule has 1 saturated heterocycles. The number of aliphatic carboxylic acids is 1. The normalized spacial score (nSPS) is 24.8. The van der Waals surface area contributed by atoms with Gasteiger partial charge in [0, 0.05) is 6.54 Å². The van der Waals surface area contributed by atoms with Crippen LogP contribution in [0.25, 0.3) is 0 Å². The Morgan fingerprint density at radius 3 is 2.80 bits per heavy atom. The second kappa shape index (κ2) is 2.55. The van der Waals surface area contributed by atoms with Gasteiger partial charge in [-0.25, -0.2) is 9.59 Å². The van der Waals surface area contributed by atoms with Crippen molar-refractivity contribution in [2.24, 2.45) is 0 Å². The molecule has 0 saturated carbocycles. The maximum Gasteiger partial charge on any atom is 0.326 e. The number of rotatable bonds is 1. The minimum Gasteiger partial charge on any atom is -0.480 e. The smallest absolute Gasteiger partial charge is 0.326 e. The fourth-order valence-corrected chi connectivity index (χ4v) is 0.797. The first-order valence-electron chi connectivity index (χ1n) is 2.97. The molecule has 5 nitrogen and oxygen atoms in total. The van der Waals surface area contributed by atoms with E-state index >= 15 is 0 Å². The Morgan fingerprint density at radius 1 is 1.70 bits per heavy atom. The first kappa shape index (κ1) is 6.85. The van der Waals surface area contributed by atoms with Gasteiger partial charge in [0.15, 0.2) is 0 Å². The van der Waals surface area contributed by atoms with Crippen LogP contribution in [0.4, 0.5) is 4.79 Å². The zero-order chi connectivity index (χ0) is 7.56. The third-order valence-electron chi connectivity index (χ3n) is 1.32. The molecule has 0 radical (unpaired) electrons. The van der Waals surface area contributed by atoms with Gasteiger partial charge in [-0.05, 0) is 6.42 Å². The molecule has 0 aromatic heterocycles. The van der Waals surface area contributed by atoms with Gasteiger partial charge in [-0.15, -0.1) is 0 Å². The molecule has 5 heteroatoms. The molecule has 0 bridgehead atoms. The molecular weight excluding hydrogens is 136 g/mol. The first-order valence-corrected chi connectivity index (χ1v) is 2.97. The third kappa shape index (κ3) is 1.37. The van der Waals surface area contributed by atoms with E-state index in [2.05, 4.69) is 10.6 Å². The van der Waals surface area contributed by atoms with E-state index in [1.807, 2.05) is 0 Å². The van der Waals surface area contributed by atoms with Crippen LogP contribution in [0.1, 0.15) is 6.42 Å². The highest BCUT2D eigenvalue weighted by molar-refractivity contribution is 5.83. The standard InChI is InChI=1S/C5H8N2O3/c8-4(9)3-1-2-6-5(10)7-3/h3H,1-2H2,(H,8,9)(H2,6,7,10)/t3-/m0/s1. The molecule has 1 rings (SSSR count). The summed E-state index contributed by atoms with van der Waals surface area (Å²) in [5.74, 6) is -0.977. The molecule has 0 aromatic rings. The molecule has 1 heterocycles. The molecule has 0 aromatic carbocycles. The molecule has 1 atom stereocenters. The van der Waals surface area contributed by atoms with Crippen molar-refractivity contribution in [2.75, 3.05) is 6.54 Å². The number of amides is 2. The van der Waals surface area contributed by atoms with Gasteiger partial charge in [-0.1, -0.05) is 0 Å². The van der Waals surface area contributed by atoms with Crippen LogP contribution in [0.3, 0.4) is 0 Å². The molecule has 1 aliphatic heterocycles. The van der Waals surface area contributed by atoms with Crippen LogP contribution in [0, 0.1) is 0 Å². The van der Waals surface area contributed by atoms with E-state index in [4.69, 9.17) is 5.11 Å². The van der Waals surface area contributed by atoms with Crippen LogP contribution in [0.15, 0.2) is 0 Å². The van der Waals surface area contributed by atoms with Gasteiger partial charge in [0.1, 0.15) is 6.04 Å². The lowest BCUT2D eigenvalue weighted by molar-refractivity contribution is -0.139. The summed E-state index contributed by atoms with van der Waals surface area (Å²) in [5, 5.41) is 13.1. The van der Waals surface area contributed by atoms with E-state index in [0.29, 0.717) is 13.0 Å². The van der Waals surface area contributed by atoms with E-state index < -0.39 is 18.0 Å². The molecule has 2 amide bonds. The minimum absolute atomic E-state index is 0.404. The summed E-state index contributed by atoms with van der Waals surface area (Å²) in [4.78, 5) is 20.7. The van der Waals surface area contributed by atoms with Gasteiger partial charge in [-0.2, -0.15) is 0 Å². The lowest BCUT2D eigenvalue weighted by Crippen LogP contribution is -2.52. The Labute approximate surface area is 57.4 Å². The van der Waals surface area contributed by atoms with Gasteiger partial charge in [0.2, 0.25) is 0 Å². The van der Waals surface area contributed by atoms with Crippen LogP contribution in [-0.4, -0.2) is 29.7 Å². The topological polar surface area (TPSA) is 78.4 Å². The summed E-state index contributed by atoms with van der Waals surface area (Å²) >= 11 is 0. The van der Waals surface area contributed by atoms with E-state index in [0.717, 1.165) is 0 Å². The molecule has 1 fully saturated rings. The van der Waals surface area contributed by atoms with Crippen molar-refractivity contribution in [2.45, 2.75) is 12.5 Å². The zero-order valence-electron chi connectivity index (χ0n) is 5.26. The summed E-state index contributed by atoms with van der Waals surface area (Å²) < 4.78 is 0. The Kier molecular flexibility index (Phi) is 1.75. The van der Waals surface area contributed by atoms with Crippen LogP contribution >= 0.6 is 0 Å². The zero-order valence-corrected chi connectivity index (χ0v) is 5.26. The molecule has 1 aliphatic rings. The number of hydrogen-bond donors (Lipinski definition) is 3. The average Bonchev–Trinajstić information content (AvgIpc) is 1.88. The Hall–Kier alpha value is -1.26. The summed E-state index contributed by atoms with van der Waals surface area (Å²) in [7, 11) is 0. The summed E-state index contributed by atoms with van der Waals surface area (Å²) in [6.45, 7) is 0.433. The van der Waals surface area contributed by atoms with E-state index in [1.54, 1.807) is 0 Å². The number of nitrogens with one attached hydrogen (secondary N) is 2. The Balaban J connectivity index is 2.47. The van der Waals surface area contributed by atoms with Crippen molar-refractivity contribution in [3.63, 3.8) is 0 Å². The summed E-state index contributed by atoms with van der Waals surface area (Å²) in [5.41, 5.74) is 0. The van der Waals surface area contributed by atoms with Crippen molar-refractivity contribution < 1.29 is 14.7 Å². The largest absolute Gasteiger partial charge is 0.480 e. The number of carboxylic acids is 1. The molecule has 10 heavy (non-hydrogen) atoms. The molecule has 0 unspecified atom stereocenters. The van der Waals surface area contributed by atoms with Gasteiger partial charge < -0.3 is 15.7 Å². The van der Waals surface area contributed by atoms with Gasteiger partial charge in [0.05, 0.1) is 0 Å². The summed E-state index contributed by atoms with van der Waals surface area (Å²) in [6, 6.07) is -1.12. The highest BCUT2D eigenvalue weighted by atomic mass is 16.4. The Morgan fingerprint density at radius 2 is 2.40 bits per heavy atom. The predicted octanol–water partition coefficient (Wildman–Crippen LogP) is -0.858. The van der Waals surface area contributed by atoms with Crippen LogP contribution in [0.5, 0.6) is 0 Å². The van der Waals surface area contributed by atoms with Crippen molar-refractivity contribution in [3.05, 3.63) is 0 Å². The summed E-state index contributed by atoms with van der Waals surface area (Å²) in [6.07, 6.45) is 0.446. The van der Waals surface area contributed by atoms with E-state index in [9.17, 15) is 9.59 Å². The van der Waals surface area contributed by atoms with Gasteiger partial charge in [0.25, 0.3) is 0 Å². The van der Waals surface area contributed by atoms with Crippen molar-refractivity contribution in [1.82, 2.24) is 10.6 Å². The number of hydrogen-bond acceptors (Lipinski definition) is 2. The number of carbonyl (C=O) groups is 2. The van der Waals surface area contributed by atoms with E-state index in [-0.39, 0.29) is 0 Å². The number of carboxylic acid groups (broad SMARTS) is 1. The van der Waals surface area contributed by atoms with Crippen LogP contribution in [-0.2, 0) is 4.79 Å². The molecule has 0 aliphatic carbocycles. The highest BCUT2D eigenvalue weighted by Crippen LogP contribution is 1.95. The second-order valence-electron chi connectivity index (χ2n) is 2.08. The SMILES string of the molecule is O=C1NCC[C@@H](C(=O)O)N1. The molecule has 56 valence electrons. The lowest BCUT2D eigenvalue weighted by Gasteiger charge is -2.20. The Bertz CT molecular complexity index is 166. The van der Waals surface area contributed by atoms with Crippen molar-refractivity contribution >= 4 is 12.0 Å². The third-order valence-corrected chi connectivity index (χ3v) is 1.32. The van der Waals surface area contributed by atoms with Crippen LogP contribution < -0.4 is 10.6 Å². The fourth-order valence-electron chi connectivity index (χ4n) is 0.797. The first-order chi connectivity index (χ1) is 4.70. The second-order valence-corrected chi connectivity index (χ2v) is 2.08. The molecular formula is C5H8N2O3. The van der Waals surface area contributed by atoms with Gasteiger partial charge >= 0.3 is 12.0 Å². The predicted molar refractivity (Wildman–Crippen MR) is 32.6 cm³/mol. The van der Waals surface area contributed by atoms with E-state index in [1.165, 1.54) is 0 Å². The lowest BCUT2D eigenvalue weighted by atomic mass is 10.2. The highest BCUT2D eigenvalue weighted by Gasteiger charge is 2.22. The minimum atomic E-state index is -0.977. The fraction of sp³-hybridized carbons (Fsp3) is 0.600. The molecule has 0 spiro atoms. The van der Waals surface area contributed by atoms with Crippen molar-refractivity contribution in [1.29, 1.82) is 0 Å². The number of carbonyl (C=O) groups excluding carboxylic acids is 1. The monoisotopic (exact) mass is 144 g/mol. The quantitative estimate of drug-likeness (QED) is 0.448. The van der Waals surface area contributed by atoms with Crippen LogP contribution in [0.2, 0.25) is 0 Å². The van der Waals surface area contributed by atoms with Crippen molar-refractivity contribution in [3.8, 4) is 0 Å². The molecule has 3 N–H and O–H groups in total. The average molecular weight is 144 g/mol. The van der Waals surface area contributed by atoms with Gasteiger partial charge in [-0.3, -0.25) is 0 Å². The number of urea groups is 1.